The number of aryl methyl sites for hydroxylation is 1. The monoisotopic (exact) mass is 268 g/mol. The molecule has 1 amide bonds. The average Bonchev–Trinajstić information content (AvgIpc) is 2.97. The standard InChI is InChI=1S/C13H20N2O2S/c1-4-18-11-6-5-10(8-11)15(3)13(16)12-7-9(2)14-17-12/h7,10-11H,4-6,8H2,1-3H3/t10-,11-/m1/s1. The van der Waals surface area contributed by atoms with Crippen LogP contribution in [-0.2, 0) is 0 Å². The van der Waals surface area contributed by atoms with Gasteiger partial charge in [-0.05, 0) is 31.9 Å². The smallest absolute Gasteiger partial charge is 0.292 e. The lowest BCUT2D eigenvalue weighted by molar-refractivity contribution is 0.0693. The Kier molecular flexibility index (Phi) is 4.32. The minimum Gasteiger partial charge on any atom is -0.351 e. The molecule has 0 radical (unpaired) electrons. The Morgan fingerprint density at radius 3 is 3.00 bits per heavy atom. The zero-order valence-corrected chi connectivity index (χ0v) is 12.0. The van der Waals surface area contributed by atoms with Gasteiger partial charge in [-0.3, -0.25) is 4.79 Å². The molecule has 2 atom stereocenters. The molecule has 0 aliphatic heterocycles. The van der Waals surface area contributed by atoms with Gasteiger partial charge in [-0.15, -0.1) is 0 Å². The fourth-order valence-corrected chi connectivity index (χ4v) is 3.59. The predicted molar refractivity (Wildman–Crippen MR) is 72.9 cm³/mol. The van der Waals surface area contributed by atoms with E-state index in [0.717, 1.165) is 24.3 Å². The van der Waals surface area contributed by atoms with Crippen molar-refractivity contribution in [1.29, 1.82) is 0 Å². The highest BCUT2D eigenvalue weighted by molar-refractivity contribution is 7.99. The van der Waals surface area contributed by atoms with Gasteiger partial charge in [0.2, 0.25) is 5.76 Å². The molecular formula is C13H20N2O2S. The van der Waals surface area contributed by atoms with Crippen molar-refractivity contribution < 1.29 is 9.32 Å². The van der Waals surface area contributed by atoms with Crippen LogP contribution in [0, 0.1) is 6.92 Å². The summed E-state index contributed by atoms with van der Waals surface area (Å²) >= 11 is 2.00. The van der Waals surface area contributed by atoms with Crippen molar-refractivity contribution in [3.05, 3.63) is 17.5 Å². The second-order valence-corrected chi connectivity index (χ2v) is 6.37. The maximum Gasteiger partial charge on any atom is 0.292 e. The molecule has 0 N–H and O–H groups in total. The number of hydrogen-bond acceptors (Lipinski definition) is 4. The van der Waals surface area contributed by atoms with Crippen molar-refractivity contribution in [1.82, 2.24) is 10.1 Å². The molecule has 5 heteroatoms. The first-order valence-corrected chi connectivity index (χ1v) is 7.48. The SMILES string of the molecule is CCS[C@@H]1CC[C@@H](N(C)C(=O)c2cc(C)no2)C1. The molecule has 1 aromatic heterocycles. The minimum atomic E-state index is -0.0530. The Morgan fingerprint density at radius 2 is 2.39 bits per heavy atom. The van der Waals surface area contributed by atoms with E-state index in [0.29, 0.717) is 17.1 Å². The number of hydrogen-bond donors (Lipinski definition) is 0. The van der Waals surface area contributed by atoms with E-state index in [-0.39, 0.29) is 5.91 Å². The van der Waals surface area contributed by atoms with Crippen molar-refractivity contribution in [2.24, 2.45) is 0 Å². The number of carbonyl (C=O) groups excluding carboxylic acids is 1. The van der Waals surface area contributed by atoms with Gasteiger partial charge in [0.25, 0.3) is 5.91 Å². The lowest BCUT2D eigenvalue weighted by Gasteiger charge is -2.23. The molecule has 2 rings (SSSR count). The summed E-state index contributed by atoms with van der Waals surface area (Å²) < 4.78 is 5.03. The lowest BCUT2D eigenvalue weighted by Crippen LogP contribution is -2.35. The van der Waals surface area contributed by atoms with Crippen LogP contribution in [0.4, 0.5) is 0 Å². The van der Waals surface area contributed by atoms with Gasteiger partial charge in [-0.1, -0.05) is 12.1 Å². The van der Waals surface area contributed by atoms with E-state index in [1.165, 1.54) is 6.42 Å². The Balaban J connectivity index is 1.95. The third-order valence-corrected chi connectivity index (χ3v) is 4.70. The first-order valence-electron chi connectivity index (χ1n) is 6.44. The van der Waals surface area contributed by atoms with E-state index < -0.39 is 0 Å². The lowest BCUT2D eigenvalue weighted by atomic mass is 10.2. The molecule has 0 saturated heterocycles. The summed E-state index contributed by atoms with van der Waals surface area (Å²) in [6, 6.07) is 2.04. The summed E-state index contributed by atoms with van der Waals surface area (Å²) in [6.45, 7) is 4.01. The highest BCUT2D eigenvalue weighted by atomic mass is 32.2. The minimum absolute atomic E-state index is 0.0530. The molecule has 1 aliphatic carbocycles. The van der Waals surface area contributed by atoms with Crippen molar-refractivity contribution in [3.63, 3.8) is 0 Å². The summed E-state index contributed by atoms with van der Waals surface area (Å²) in [4.78, 5) is 14.0. The van der Waals surface area contributed by atoms with Crippen LogP contribution in [0.1, 0.15) is 42.4 Å². The first kappa shape index (κ1) is 13.5. The first-order chi connectivity index (χ1) is 8.61. The summed E-state index contributed by atoms with van der Waals surface area (Å²) in [5.74, 6) is 1.44. The highest BCUT2D eigenvalue weighted by Crippen LogP contribution is 2.32. The van der Waals surface area contributed by atoms with Gasteiger partial charge >= 0.3 is 0 Å². The number of amides is 1. The molecule has 18 heavy (non-hydrogen) atoms. The third kappa shape index (κ3) is 2.88. The molecule has 1 aromatic rings. The summed E-state index contributed by atoms with van der Waals surface area (Å²) in [5, 5.41) is 4.47. The fourth-order valence-electron chi connectivity index (χ4n) is 2.46. The number of carbonyl (C=O) groups is 1. The van der Waals surface area contributed by atoms with Gasteiger partial charge in [0.05, 0.1) is 5.69 Å². The topological polar surface area (TPSA) is 46.3 Å². The Hall–Kier alpha value is -0.970. The largest absolute Gasteiger partial charge is 0.351 e. The van der Waals surface area contributed by atoms with Crippen molar-refractivity contribution in [2.75, 3.05) is 12.8 Å². The van der Waals surface area contributed by atoms with Crippen LogP contribution < -0.4 is 0 Å². The van der Waals surface area contributed by atoms with Crippen LogP contribution >= 0.6 is 11.8 Å². The predicted octanol–water partition coefficient (Wildman–Crippen LogP) is 2.73. The molecule has 0 aromatic carbocycles. The van der Waals surface area contributed by atoms with Gasteiger partial charge in [-0.2, -0.15) is 11.8 Å². The molecule has 0 bridgehead atoms. The van der Waals surface area contributed by atoms with Crippen molar-refractivity contribution >= 4 is 17.7 Å². The van der Waals surface area contributed by atoms with Crippen LogP contribution in [0.3, 0.4) is 0 Å². The molecular weight excluding hydrogens is 248 g/mol. The van der Waals surface area contributed by atoms with E-state index in [1.54, 1.807) is 6.07 Å². The van der Waals surface area contributed by atoms with Crippen LogP contribution in [0.15, 0.2) is 10.6 Å². The number of thioether (sulfide) groups is 1. The van der Waals surface area contributed by atoms with Gasteiger partial charge < -0.3 is 9.42 Å². The second kappa shape index (κ2) is 5.78. The quantitative estimate of drug-likeness (QED) is 0.842. The van der Waals surface area contributed by atoms with Crippen LogP contribution in [0.5, 0.6) is 0 Å². The van der Waals surface area contributed by atoms with E-state index in [1.807, 2.05) is 30.6 Å². The normalized spacial score (nSPS) is 23.3. The van der Waals surface area contributed by atoms with Gasteiger partial charge in [0, 0.05) is 24.4 Å². The average molecular weight is 268 g/mol. The van der Waals surface area contributed by atoms with E-state index >= 15 is 0 Å². The maximum atomic E-state index is 12.2. The summed E-state index contributed by atoms with van der Waals surface area (Å²) in [7, 11) is 1.86. The van der Waals surface area contributed by atoms with Gasteiger partial charge in [-0.25, -0.2) is 0 Å². The Bertz CT molecular complexity index is 419. The molecule has 0 unspecified atom stereocenters. The van der Waals surface area contributed by atoms with Crippen LogP contribution in [-0.4, -0.2) is 40.1 Å². The highest BCUT2D eigenvalue weighted by Gasteiger charge is 2.31. The molecule has 100 valence electrons. The third-order valence-electron chi connectivity index (χ3n) is 3.47. The molecule has 1 fully saturated rings. The van der Waals surface area contributed by atoms with Crippen molar-refractivity contribution in [2.45, 2.75) is 44.4 Å². The molecule has 1 aliphatic rings. The molecule has 0 spiro atoms. The van der Waals surface area contributed by atoms with Gasteiger partial charge in [0.1, 0.15) is 0 Å². The fraction of sp³-hybridized carbons (Fsp3) is 0.692. The zero-order valence-electron chi connectivity index (χ0n) is 11.2. The van der Waals surface area contributed by atoms with E-state index in [4.69, 9.17) is 4.52 Å². The van der Waals surface area contributed by atoms with E-state index in [9.17, 15) is 4.79 Å². The summed E-state index contributed by atoms with van der Waals surface area (Å²) in [6.07, 6.45) is 3.39. The number of aromatic nitrogens is 1. The van der Waals surface area contributed by atoms with Crippen LogP contribution in [0.2, 0.25) is 0 Å². The number of nitrogens with zero attached hydrogens (tertiary/aromatic N) is 2. The Labute approximate surface area is 112 Å². The molecule has 1 heterocycles. The number of rotatable bonds is 4. The van der Waals surface area contributed by atoms with Crippen molar-refractivity contribution in [3.8, 4) is 0 Å². The Morgan fingerprint density at radius 1 is 1.61 bits per heavy atom. The molecule has 1 saturated carbocycles. The maximum absolute atomic E-state index is 12.2. The zero-order chi connectivity index (χ0) is 13.1. The molecule has 4 nitrogen and oxygen atoms in total. The van der Waals surface area contributed by atoms with E-state index in [2.05, 4.69) is 12.1 Å². The van der Waals surface area contributed by atoms with Gasteiger partial charge in [0.15, 0.2) is 0 Å². The van der Waals surface area contributed by atoms with Crippen LogP contribution in [0.25, 0.3) is 0 Å². The summed E-state index contributed by atoms with van der Waals surface area (Å²) in [5.41, 5.74) is 0.748. The second-order valence-electron chi connectivity index (χ2n) is 4.79.